The van der Waals surface area contributed by atoms with Gasteiger partial charge in [-0.05, 0) is 30.2 Å². The van der Waals surface area contributed by atoms with Crippen molar-refractivity contribution in [3.8, 4) is 0 Å². The van der Waals surface area contributed by atoms with Crippen LogP contribution in [-0.2, 0) is 26.0 Å². The number of nitrogens with zero attached hydrogens (tertiary/aromatic N) is 2. The van der Waals surface area contributed by atoms with Crippen LogP contribution in [0.4, 0.5) is 4.39 Å². The van der Waals surface area contributed by atoms with Crippen molar-refractivity contribution >= 4 is 33.4 Å². The van der Waals surface area contributed by atoms with E-state index in [2.05, 4.69) is 0 Å². The lowest BCUT2D eigenvalue weighted by Gasteiger charge is -2.32. The normalized spacial score (nSPS) is 16.0. The van der Waals surface area contributed by atoms with Gasteiger partial charge in [-0.2, -0.15) is 4.31 Å². The Labute approximate surface area is 161 Å². The number of benzene rings is 2. The van der Waals surface area contributed by atoms with Gasteiger partial charge in [0.15, 0.2) is 0 Å². The maximum Gasteiger partial charge on any atom is 0.244 e. The first kappa shape index (κ1) is 19.5. The third kappa shape index (κ3) is 4.18. The van der Waals surface area contributed by atoms with Gasteiger partial charge in [-0.25, -0.2) is 12.8 Å². The zero-order chi connectivity index (χ0) is 19.6. The van der Waals surface area contributed by atoms with Gasteiger partial charge in [0.25, 0.3) is 0 Å². The number of amides is 2. The van der Waals surface area contributed by atoms with Crippen LogP contribution in [0, 0.1) is 5.82 Å². The molecule has 1 saturated heterocycles. The molecule has 27 heavy (non-hydrogen) atoms. The molecule has 0 aliphatic carbocycles. The van der Waals surface area contributed by atoms with Gasteiger partial charge in [0.2, 0.25) is 21.8 Å². The Hall–Kier alpha value is -2.29. The summed E-state index contributed by atoms with van der Waals surface area (Å²) in [7, 11) is -4.14. The second kappa shape index (κ2) is 7.75. The number of piperazine rings is 1. The molecule has 2 aromatic rings. The monoisotopic (exact) mass is 410 g/mol. The van der Waals surface area contributed by atoms with Crippen LogP contribution >= 0.6 is 11.6 Å². The second-order valence-corrected chi connectivity index (χ2v) is 8.37. The molecule has 1 aliphatic rings. The molecular formula is C18H16ClFN2O4S. The third-order valence-electron chi connectivity index (χ3n) is 4.22. The maximum atomic E-state index is 13.3. The second-order valence-electron chi connectivity index (χ2n) is 6.02. The highest BCUT2D eigenvalue weighted by Crippen LogP contribution is 2.23. The minimum atomic E-state index is -4.14. The molecule has 0 N–H and O–H groups in total. The molecule has 0 radical (unpaired) electrons. The molecule has 0 unspecified atom stereocenters. The number of hydrogen-bond acceptors (Lipinski definition) is 4. The lowest BCUT2D eigenvalue weighted by Crippen LogP contribution is -2.55. The van der Waals surface area contributed by atoms with Crippen molar-refractivity contribution in [1.29, 1.82) is 0 Å². The first-order valence-electron chi connectivity index (χ1n) is 8.11. The Bertz CT molecular complexity index is 964. The average Bonchev–Trinajstić information content (AvgIpc) is 2.64. The largest absolute Gasteiger partial charge is 0.280 e. The summed E-state index contributed by atoms with van der Waals surface area (Å²) in [5.41, 5.74) is 0.967. The van der Waals surface area contributed by atoms with E-state index in [0.29, 0.717) is 6.42 Å². The minimum absolute atomic E-state index is 0.179. The first-order valence-corrected chi connectivity index (χ1v) is 9.93. The molecule has 2 aromatic carbocycles. The number of halogens is 2. The molecule has 1 fully saturated rings. The van der Waals surface area contributed by atoms with Crippen LogP contribution in [0.3, 0.4) is 0 Å². The van der Waals surface area contributed by atoms with E-state index in [-0.39, 0.29) is 16.5 Å². The van der Waals surface area contributed by atoms with Crippen molar-refractivity contribution in [3.05, 3.63) is 64.9 Å². The number of hydrogen-bond donors (Lipinski definition) is 0. The molecule has 0 bridgehead atoms. The van der Waals surface area contributed by atoms with Gasteiger partial charge in [-0.15, -0.1) is 0 Å². The number of rotatable bonds is 5. The number of carbonyl (C=O) groups excluding carboxylic acids is 2. The van der Waals surface area contributed by atoms with Crippen LogP contribution in [0.5, 0.6) is 0 Å². The molecule has 1 aliphatic heterocycles. The van der Waals surface area contributed by atoms with Gasteiger partial charge in [-0.3, -0.25) is 14.5 Å². The molecule has 0 spiro atoms. The molecule has 142 valence electrons. The number of sulfonamides is 1. The SMILES string of the molecule is O=C1CN(S(=O)(=O)c2ccc(F)c(Cl)c2)CC(=O)N1CCc1ccccc1. The van der Waals surface area contributed by atoms with Crippen molar-refractivity contribution in [1.82, 2.24) is 9.21 Å². The predicted octanol–water partition coefficient (Wildman–Crippen LogP) is 2.08. The summed E-state index contributed by atoms with van der Waals surface area (Å²) < 4.78 is 39.4. The maximum absolute atomic E-state index is 13.3. The molecular weight excluding hydrogens is 395 g/mol. The summed E-state index contributed by atoms with van der Waals surface area (Å²) in [6.07, 6.45) is 0.485. The van der Waals surface area contributed by atoms with E-state index >= 15 is 0 Å². The van der Waals surface area contributed by atoms with Crippen LogP contribution in [0.15, 0.2) is 53.4 Å². The molecule has 9 heteroatoms. The Morgan fingerprint density at radius 3 is 2.22 bits per heavy atom. The van der Waals surface area contributed by atoms with Gasteiger partial charge in [0.05, 0.1) is 23.0 Å². The lowest BCUT2D eigenvalue weighted by molar-refractivity contribution is -0.149. The summed E-state index contributed by atoms with van der Waals surface area (Å²) in [5, 5.41) is -0.352. The van der Waals surface area contributed by atoms with E-state index in [4.69, 9.17) is 11.6 Å². The van der Waals surface area contributed by atoms with Gasteiger partial charge in [0.1, 0.15) is 5.82 Å². The minimum Gasteiger partial charge on any atom is -0.280 e. The van der Waals surface area contributed by atoms with E-state index in [0.717, 1.165) is 33.0 Å². The fourth-order valence-electron chi connectivity index (χ4n) is 2.76. The van der Waals surface area contributed by atoms with E-state index in [1.165, 1.54) is 0 Å². The molecule has 2 amide bonds. The summed E-state index contributed by atoms with van der Waals surface area (Å²) >= 11 is 5.64. The van der Waals surface area contributed by atoms with Gasteiger partial charge >= 0.3 is 0 Å². The fraction of sp³-hybridized carbons (Fsp3) is 0.222. The van der Waals surface area contributed by atoms with Gasteiger partial charge < -0.3 is 0 Å². The standard InChI is InChI=1S/C18H16ClFN2O4S/c19-15-10-14(6-7-16(15)20)27(25,26)21-11-17(23)22(18(24)12-21)9-8-13-4-2-1-3-5-13/h1-7,10H,8-9,11-12H2. The molecule has 0 atom stereocenters. The molecule has 3 rings (SSSR count). The Morgan fingerprint density at radius 2 is 1.63 bits per heavy atom. The Morgan fingerprint density at radius 1 is 1.00 bits per heavy atom. The van der Waals surface area contributed by atoms with Gasteiger partial charge in [-0.1, -0.05) is 41.9 Å². The van der Waals surface area contributed by atoms with Gasteiger partial charge in [0, 0.05) is 6.54 Å². The highest BCUT2D eigenvalue weighted by molar-refractivity contribution is 7.89. The number of imide groups is 1. The summed E-state index contributed by atoms with van der Waals surface area (Å²) in [4.78, 5) is 25.5. The van der Waals surface area contributed by atoms with Crippen molar-refractivity contribution in [2.75, 3.05) is 19.6 Å². The summed E-state index contributed by atoms with van der Waals surface area (Å²) in [6, 6.07) is 12.3. The Kier molecular flexibility index (Phi) is 5.59. The van der Waals surface area contributed by atoms with Crippen LogP contribution in [0.2, 0.25) is 5.02 Å². The van der Waals surface area contributed by atoms with Crippen LogP contribution < -0.4 is 0 Å². The zero-order valence-electron chi connectivity index (χ0n) is 14.1. The molecule has 0 aromatic heterocycles. The van der Waals surface area contributed by atoms with E-state index in [1.807, 2.05) is 30.3 Å². The first-order chi connectivity index (χ1) is 12.8. The van der Waals surface area contributed by atoms with Crippen molar-refractivity contribution < 1.29 is 22.4 Å². The number of carbonyl (C=O) groups is 2. The summed E-state index contributed by atoms with van der Waals surface area (Å²) in [5.74, 6) is -1.95. The smallest absolute Gasteiger partial charge is 0.244 e. The van der Waals surface area contributed by atoms with E-state index in [9.17, 15) is 22.4 Å². The summed E-state index contributed by atoms with van der Waals surface area (Å²) in [6.45, 7) is -0.742. The van der Waals surface area contributed by atoms with Crippen molar-refractivity contribution in [2.45, 2.75) is 11.3 Å². The van der Waals surface area contributed by atoms with Crippen molar-refractivity contribution in [3.63, 3.8) is 0 Å². The van der Waals surface area contributed by atoms with Crippen LogP contribution in [0.1, 0.15) is 5.56 Å². The molecule has 6 nitrogen and oxygen atoms in total. The lowest BCUT2D eigenvalue weighted by atomic mass is 10.1. The quantitative estimate of drug-likeness (QED) is 0.707. The van der Waals surface area contributed by atoms with Crippen LogP contribution in [-0.4, -0.2) is 49.1 Å². The zero-order valence-corrected chi connectivity index (χ0v) is 15.7. The highest BCUT2D eigenvalue weighted by Gasteiger charge is 2.37. The highest BCUT2D eigenvalue weighted by atomic mass is 35.5. The van der Waals surface area contributed by atoms with Crippen LogP contribution in [0.25, 0.3) is 0 Å². The molecule has 1 heterocycles. The predicted molar refractivity (Wildman–Crippen MR) is 97.0 cm³/mol. The topological polar surface area (TPSA) is 74.8 Å². The Balaban J connectivity index is 1.73. The fourth-order valence-corrected chi connectivity index (χ4v) is 4.37. The van der Waals surface area contributed by atoms with E-state index in [1.54, 1.807) is 0 Å². The van der Waals surface area contributed by atoms with E-state index < -0.39 is 40.7 Å². The average molecular weight is 411 g/mol. The third-order valence-corrected chi connectivity index (χ3v) is 6.30. The molecule has 0 saturated carbocycles. The van der Waals surface area contributed by atoms with Crippen molar-refractivity contribution in [2.24, 2.45) is 0 Å².